The summed E-state index contributed by atoms with van der Waals surface area (Å²) in [5, 5.41) is 11.7. The van der Waals surface area contributed by atoms with Crippen LogP contribution in [0.5, 0.6) is 0 Å². The Morgan fingerprint density at radius 1 is 1.20 bits per heavy atom. The first-order valence-corrected chi connectivity index (χ1v) is 10.2. The van der Waals surface area contributed by atoms with Gasteiger partial charge in [0.2, 0.25) is 5.91 Å². The third-order valence-electron chi connectivity index (χ3n) is 3.00. The third kappa shape index (κ3) is 8.80. The number of hydrogen-bond donors (Lipinski definition) is 3. The fourth-order valence-corrected chi connectivity index (χ4v) is 4.02. The summed E-state index contributed by atoms with van der Waals surface area (Å²) in [6.45, 7) is 1.96. The molecule has 0 aliphatic heterocycles. The van der Waals surface area contributed by atoms with E-state index in [0.29, 0.717) is 5.75 Å². The second-order valence-electron chi connectivity index (χ2n) is 5.05. The Morgan fingerprint density at radius 2 is 1.84 bits per heavy atom. The maximum atomic E-state index is 12.0. The van der Waals surface area contributed by atoms with E-state index in [1.165, 1.54) is 21.6 Å². The van der Waals surface area contributed by atoms with Crippen molar-refractivity contribution in [3.8, 4) is 0 Å². The fraction of sp³-hybridized carbons (Fsp3) is 0.438. The van der Waals surface area contributed by atoms with E-state index in [1.54, 1.807) is 19.1 Å². The first kappa shape index (κ1) is 21.3. The summed E-state index contributed by atoms with van der Waals surface area (Å²) < 4.78 is 4.79. The van der Waals surface area contributed by atoms with Crippen molar-refractivity contribution in [2.75, 3.05) is 18.1 Å². The Morgan fingerprint density at radius 3 is 2.44 bits per heavy atom. The molecular weight excluding hydrogens is 364 g/mol. The van der Waals surface area contributed by atoms with E-state index in [4.69, 9.17) is 10.5 Å². The van der Waals surface area contributed by atoms with Crippen molar-refractivity contribution < 1.29 is 24.2 Å². The minimum atomic E-state index is -1.11. The zero-order valence-electron chi connectivity index (χ0n) is 13.8. The molecule has 0 aliphatic carbocycles. The average Bonchev–Trinajstić information content (AvgIpc) is 2.58. The first-order chi connectivity index (χ1) is 11.9. The highest BCUT2D eigenvalue weighted by Crippen LogP contribution is 2.23. The molecule has 0 spiro atoms. The monoisotopic (exact) mass is 386 g/mol. The van der Waals surface area contributed by atoms with Crippen molar-refractivity contribution in [1.29, 1.82) is 0 Å². The van der Waals surface area contributed by atoms with Crippen LogP contribution in [-0.2, 0) is 25.5 Å². The summed E-state index contributed by atoms with van der Waals surface area (Å²) in [5.41, 5.74) is 6.46. The van der Waals surface area contributed by atoms with E-state index in [0.717, 1.165) is 5.56 Å². The Balaban J connectivity index is 2.35. The smallest absolute Gasteiger partial charge is 0.327 e. The minimum absolute atomic E-state index is 0.121. The highest BCUT2D eigenvalue weighted by atomic mass is 33.1. The fourth-order valence-electron chi connectivity index (χ4n) is 1.76. The number of amides is 1. The molecule has 138 valence electrons. The third-order valence-corrected chi connectivity index (χ3v) is 5.44. The lowest BCUT2D eigenvalue weighted by molar-refractivity contribution is -0.144. The van der Waals surface area contributed by atoms with Gasteiger partial charge in [-0.3, -0.25) is 9.59 Å². The van der Waals surface area contributed by atoms with Gasteiger partial charge in [-0.1, -0.05) is 51.9 Å². The Bertz CT molecular complexity index is 571. The Labute approximate surface area is 154 Å². The van der Waals surface area contributed by atoms with Gasteiger partial charge >= 0.3 is 11.9 Å². The van der Waals surface area contributed by atoms with Gasteiger partial charge in [-0.15, -0.1) is 0 Å². The van der Waals surface area contributed by atoms with E-state index in [9.17, 15) is 19.5 Å². The van der Waals surface area contributed by atoms with Crippen LogP contribution < -0.4 is 11.1 Å². The highest BCUT2D eigenvalue weighted by Gasteiger charge is 2.21. The van der Waals surface area contributed by atoms with Crippen molar-refractivity contribution >= 4 is 39.4 Å². The Hall–Kier alpha value is -1.71. The van der Waals surface area contributed by atoms with Crippen molar-refractivity contribution in [2.24, 2.45) is 5.73 Å². The number of carbonyl (C=O) groups excluding carboxylic acids is 2. The molecule has 0 radical (unpaired) electrons. The number of ether oxygens (including phenoxy) is 1. The number of carbonyl (C=O) groups is 3. The number of benzene rings is 1. The largest absolute Gasteiger partial charge is 0.480 e. The molecule has 2 unspecified atom stereocenters. The van der Waals surface area contributed by atoms with E-state index in [-0.39, 0.29) is 24.7 Å². The van der Waals surface area contributed by atoms with E-state index < -0.39 is 24.0 Å². The highest BCUT2D eigenvalue weighted by molar-refractivity contribution is 8.76. The molecule has 0 saturated carbocycles. The SMILES string of the molecule is CCOC(=O)C(N)CSSCC(NC(=O)Cc1ccccc1)C(=O)O. The van der Waals surface area contributed by atoms with E-state index in [2.05, 4.69) is 5.32 Å². The quantitative estimate of drug-likeness (QED) is 0.294. The maximum Gasteiger partial charge on any atom is 0.327 e. The lowest BCUT2D eigenvalue weighted by Crippen LogP contribution is -2.43. The van der Waals surface area contributed by atoms with Crippen molar-refractivity contribution in [3.63, 3.8) is 0 Å². The molecule has 1 aromatic rings. The molecule has 4 N–H and O–H groups in total. The predicted octanol–water partition coefficient (Wildman–Crippen LogP) is 1.07. The number of carboxylic acids is 1. The van der Waals surface area contributed by atoms with Crippen LogP contribution in [0, 0.1) is 0 Å². The molecule has 0 saturated heterocycles. The van der Waals surface area contributed by atoms with Crippen LogP contribution in [0.1, 0.15) is 12.5 Å². The molecule has 25 heavy (non-hydrogen) atoms. The zero-order chi connectivity index (χ0) is 18.7. The van der Waals surface area contributed by atoms with Crippen molar-refractivity contribution in [3.05, 3.63) is 35.9 Å². The molecule has 1 amide bonds. The number of hydrogen-bond acceptors (Lipinski definition) is 7. The van der Waals surface area contributed by atoms with Crippen LogP contribution in [-0.4, -0.2) is 53.1 Å². The van der Waals surface area contributed by atoms with Gasteiger partial charge in [0, 0.05) is 11.5 Å². The summed E-state index contributed by atoms with van der Waals surface area (Å²) in [4.78, 5) is 34.6. The molecule has 9 heteroatoms. The number of nitrogens with two attached hydrogens (primary N) is 1. The summed E-state index contributed by atoms with van der Waals surface area (Å²) in [7, 11) is 2.50. The number of esters is 1. The molecule has 1 rings (SSSR count). The standard InChI is InChI=1S/C16H22N2O5S2/c1-2-23-16(22)12(17)9-24-25-10-13(15(20)21)18-14(19)8-11-6-4-3-5-7-11/h3-7,12-13H,2,8-10,17H2,1H3,(H,18,19)(H,20,21). The van der Waals surface area contributed by atoms with E-state index in [1.807, 2.05) is 18.2 Å². The van der Waals surface area contributed by atoms with Gasteiger partial charge in [0.25, 0.3) is 0 Å². The summed E-state index contributed by atoms with van der Waals surface area (Å²) in [6, 6.07) is 7.32. The summed E-state index contributed by atoms with van der Waals surface area (Å²) in [6.07, 6.45) is 0.121. The summed E-state index contributed by atoms with van der Waals surface area (Å²) in [5.74, 6) is -1.48. The molecule has 0 aromatic heterocycles. The molecular formula is C16H22N2O5S2. The second kappa shape index (κ2) is 11.8. The lowest BCUT2D eigenvalue weighted by atomic mass is 10.1. The van der Waals surface area contributed by atoms with Crippen molar-refractivity contribution in [1.82, 2.24) is 5.32 Å². The van der Waals surface area contributed by atoms with Crippen LogP contribution >= 0.6 is 21.6 Å². The van der Waals surface area contributed by atoms with Gasteiger partial charge in [0.05, 0.1) is 13.0 Å². The van der Waals surface area contributed by atoms with Crippen LogP contribution in [0.3, 0.4) is 0 Å². The lowest BCUT2D eigenvalue weighted by Gasteiger charge is -2.15. The van der Waals surface area contributed by atoms with E-state index >= 15 is 0 Å². The topological polar surface area (TPSA) is 119 Å². The maximum absolute atomic E-state index is 12.0. The molecule has 0 bridgehead atoms. The predicted molar refractivity (Wildman–Crippen MR) is 99.2 cm³/mol. The number of aliphatic carboxylic acids is 1. The normalized spacial score (nSPS) is 12.9. The summed E-state index contributed by atoms with van der Waals surface area (Å²) >= 11 is 0. The molecule has 7 nitrogen and oxygen atoms in total. The average molecular weight is 386 g/mol. The molecule has 0 aliphatic rings. The number of nitrogens with one attached hydrogen (secondary N) is 1. The first-order valence-electron chi connectivity index (χ1n) is 7.66. The molecule has 0 heterocycles. The van der Waals surface area contributed by atoms with Gasteiger partial charge in [0.15, 0.2) is 0 Å². The molecule has 1 aromatic carbocycles. The van der Waals surface area contributed by atoms with Gasteiger partial charge in [-0.05, 0) is 12.5 Å². The van der Waals surface area contributed by atoms with Gasteiger partial charge in [-0.25, -0.2) is 4.79 Å². The number of carboxylic acid groups (broad SMARTS) is 1. The van der Waals surface area contributed by atoms with Crippen LogP contribution in [0.4, 0.5) is 0 Å². The minimum Gasteiger partial charge on any atom is -0.480 e. The number of rotatable bonds is 11. The van der Waals surface area contributed by atoms with Gasteiger partial charge in [0.1, 0.15) is 12.1 Å². The van der Waals surface area contributed by atoms with Crippen LogP contribution in [0.25, 0.3) is 0 Å². The van der Waals surface area contributed by atoms with Crippen molar-refractivity contribution in [2.45, 2.75) is 25.4 Å². The van der Waals surface area contributed by atoms with Crippen LogP contribution in [0.15, 0.2) is 30.3 Å². The van der Waals surface area contributed by atoms with Gasteiger partial charge < -0.3 is 20.9 Å². The molecule has 0 fully saturated rings. The van der Waals surface area contributed by atoms with Crippen LogP contribution in [0.2, 0.25) is 0 Å². The zero-order valence-corrected chi connectivity index (χ0v) is 15.5. The second-order valence-corrected chi connectivity index (χ2v) is 7.60. The Kier molecular flexibility index (Phi) is 10.0. The molecule has 2 atom stereocenters. The van der Waals surface area contributed by atoms with Gasteiger partial charge in [-0.2, -0.15) is 0 Å².